The third-order valence-electron chi connectivity index (χ3n) is 3.93. The van der Waals surface area contributed by atoms with Crippen LogP contribution < -0.4 is 0 Å². The van der Waals surface area contributed by atoms with Crippen molar-refractivity contribution < 1.29 is 14.3 Å². The molecule has 24 heavy (non-hydrogen) atoms. The summed E-state index contributed by atoms with van der Waals surface area (Å²) in [5, 5.41) is 2.64. The van der Waals surface area contributed by atoms with Crippen molar-refractivity contribution in [3.05, 3.63) is 41.7 Å². The smallest absolute Gasteiger partial charge is 0.356 e. The molecule has 0 fully saturated rings. The molecule has 0 spiro atoms. The van der Waals surface area contributed by atoms with Gasteiger partial charge in [-0.2, -0.15) is 0 Å². The largest absolute Gasteiger partial charge is 0.461 e. The van der Waals surface area contributed by atoms with E-state index in [0.717, 1.165) is 33.6 Å². The quantitative estimate of drug-likeness (QED) is 0.501. The number of aryl methyl sites for hydroxylation is 1. The Morgan fingerprint density at radius 1 is 1.29 bits per heavy atom. The molecule has 124 valence electrons. The van der Waals surface area contributed by atoms with E-state index in [-0.39, 0.29) is 11.6 Å². The van der Waals surface area contributed by atoms with Crippen LogP contribution >= 0.6 is 15.9 Å². The summed E-state index contributed by atoms with van der Waals surface area (Å²) < 4.78 is 6.68. The van der Waals surface area contributed by atoms with Crippen LogP contribution in [0.3, 0.4) is 0 Å². The number of halogens is 1. The third-order valence-corrected chi connectivity index (χ3v) is 4.32. The van der Waals surface area contributed by atoms with Gasteiger partial charge in [-0.25, -0.2) is 9.78 Å². The molecule has 2 heterocycles. The van der Waals surface area contributed by atoms with Crippen LogP contribution in [0.4, 0.5) is 0 Å². The van der Waals surface area contributed by atoms with Crippen molar-refractivity contribution >= 4 is 49.6 Å². The number of ether oxygens (including phenoxy) is 1. The van der Waals surface area contributed by atoms with Crippen LogP contribution in [-0.4, -0.2) is 33.4 Å². The van der Waals surface area contributed by atoms with E-state index in [2.05, 4.69) is 20.9 Å². The van der Waals surface area contributed by atoms with Gasteiger partial charge in [0.25, 0.3) is 0 Å². The van der Waals surface area contributed by atoms with E-state index in [1.165, 1.54) is 6.92 Å². The molecule has 3 aromatic rings. The fourth-order valence-electron chi connectivity index (χ4n) is 3.01. The number of esters is 1. The van der Waals surface area contributed by atoms with Gasteiger partial charge in [-0.3, -0.25) is 9.36 Å². The summed E-state index contributed by atoms with van der Waals surface area (Å²) in [6.07, 6.45) is 2.40. The summed E-state index contributed by atoms with van der Waals surface area (Å²) >= 11 is 3.47. The molecule has 1 aromatic carbocycles. The Hall–Kier alpha value is -2.21. The maximum Gasteiger partial charge on any atom is 0.356 e. The third kappa shape index (κ3) is 2.71. The zero-order valence-electron chi connectivity index (χ0n) is 13.5. The predicted octanol–water partition coefficient (Wildman–Crippen LogP) is 3.96. The van der Waals surface area contributed by atoms with Crippen LogP contribution in [0.5, 0.6) is 0 Å². The van der Waals surface area contributed by atoms with Crippen LogP contribution in [-0.2, 0) is 11.2 Å². The minimum absolute atomic E-state index is 0.0864. The van der Waals surface area contributed by atoms with E-state index in [1.807, 2.05) is 18.2 Å². The average molecular weight is 389 g/mol. The first-order valence-electron chi connectivity index (χ1n) is 7.74. The number of alkyl halides is 1. The topological polar surface area (TPSA) is 61.2 Å². The highest BCUT2D eigenvalue weighted by molar-refractivity contribution is 9.09. The zero-order chi connectivity index (χ0) is 17.3. The van der Waals surface area contributed by atoms with Gasteiger partial charge in [0.1, 0.15) is 5.69 Å². The lowest BCUT2D eigenvalue weighted by atomic mass is 10.0. The second-order valence-electron chi connectivity index (χ2n) is 5.41. The Kier molecular flexibility index (Phi) is 4.66. The minimum Gasteiger partial charge on any atom is -0.461 e. The standard InChI is InChI=1S/C18H17BrN2O3/c1-3-24-18(23)14-9-13-16(10-20-14)21(11(2)22)15-6-4-5-12(7-8-19)17(13)15/h4-6,9-10H,3,7-8H2,1-2H3. The van der Waals surface area contributed by atoms with Crippen molar-refractivity contribution in [3.63, 3.8) is 0 Å². The summed E-state index contributed by atoms with van der Waals surface area (Å²) in [4.78, 5) is 28.4. The van der Waals surface area contributed by atoms with Gasteiger partial charge in [0, 0.05) is 23.0 Å². The Labute approximate surface area is 147 Å². The highest BCUT2D eigenvalue weighted by Gasteiger charge is 2.18. The van der Waals surface area contributed by atoms with E-state index < -0.39 is 5.97 Å². The number of nitrogens with zero attached hydrogens (tertiary/aromatic N) is 2. The summed E-state index contributed by atoms with van der Waals surface area (Å²) in [5.41, 5.74) is 2.90. The Balaban J connectivity index is 2.37. The van der Waals surface area contributed by atoms with Crippen LogP contribution in [0.1, 0.15) is 34.7 Å². The van der Waals surface area contributed by atoms with Crippen molar-refractivity contribution in [3.8, 4) is 0 Å². The summed E-state index contributed by atoms with van der Waals surface area (Å²) in [6, 6.07) is 7.61. The van der Waals surface area contributed by atoms with Crippen molar-refractivity contribution in [2.75, 3.05) is 11.9 Å². The van der Waals surface area contributed by atoms with E-state index in [0.29, 0.717) is 12.1 Å². The Morgan fingerprint density at radius 3 is 2.75 bits per heavy atom. The monoisotopic (exact) mass is 388 g/mol. The molecule has 6 heteroatoms. The molecule has 0 bridgehead atoms. The highest BCUT2D eigenvalue weighted by atomic mass is 79.9. The first-order valence-corrected chi connectivity index (χ1v) is 8.86. The van der Waals surface area contributed by atoms with Crippen LogP contribution in [0.25, 0.3) is 21.8 Å². The average Bonchev–Trinajstić information content (AvgIpc) is 2.90. The molecule has 0 amide bonds. The maximum absolute atomic E-state index is 12.2. The van der Waals surface area contributed by atoms with E-state index in [9.17, 15) is 9.59 Å². The molecule has 0 saturated heterocycles. The van der Waals surface area contributed by atoms with Gasteiger partial charge in [0.2, 0.25) is 5.91 Å². The lowest BCUT2D eigenvalue weighted by Crippen LogP contribution is -2.08. The molecular formula is C18H17BrN2O3. The second kappa shape index (κ2) is 6.73. The molecule has 3 rings (SSSR count). The van der Waals surface area contributed by atoms with Crippen LogP contribution in [0, 0.1) is 0 Å². The molecule has 0 saturated carbocycles. The van der Waals surface area contributed by atoms with E-state index in [1.54, 1.807) is 23.8 Å². The van der Waals surface area contributed by atoms with Gasteiger partial charge >= 0.3 is 5.97 Å². The van der Waals surface area contributed by atoms with Gasteiger partial charge in [0.05, 0.1) is 23.8 Å². The maximum atomic E-state index is 12.2. The normalized spacial score (nSPS) is 11.1. The minimum atomic E-state index is -0.457. The molecule has 2 aromatic heterocycles. The molecule has 0 unspecified atom stereocenters. The molecule has 0 aliphatic heterocycles. The number of carbonyl (C=O) groups is 2. The number of hydrogen-bond acceptors (Lipinski definition) is 4. The van der Waals surface area contributed by atoms with Gasteiger partial charge in [0.15, 0.2) is 0 Å². The first kappa shape index (κ1) is 16.6. The van der Waals surface area contributed by atoms with E-state index in [4.69, 9.17) is 4.74 Å². The number of hydrogen-bond donors (Lipinski definition) is 0. The fraction of sp³-hybridized carbons (Fsp3) is 0.278. The second-order valence-corrected chi connectivity index (χ2v) is 6.20. The fourth-order valence-corrected chi connectivity index (χ4v) is 3.43. The molecule has 0 atom stereocenters. The van der Waals surface area contributed by atoms with E-state index >= 15 is 0 Å². The lowest BCUT2D eigenvalue weighted by molar-refractivity contribution is 0.0519. The number of rotatable bonds is 4. The van der Waals surface area contributed by atoms with Gasteiger partial charge < -0.3 is 4.74 Å². The molecule has 0 radical (unpaired) electrons. The number of carbonyl (C=O) groups excluding carboxylic acids is 2. The summed E-state index contributed by atoms with van der Waals surface area (Å²) in [7, 11) is 0. The van der Waals surface area contributed by atoms with Gasteiger partial charge in [-0.05, 0) is 31.0 Å². The van der Waals surface area contributed by atoms with Crippen LogP contribution in [0.15, 0.2) is 30.5 Å². The summed E-state index contributed by atoms with van der Waals surface area (Å²) in [5.74, 6) is -0.544. The van der Waals surface area contributed by atoms with Crippen molar-refractivity contribution in [2.45, 2.75) is 20.3 Å². The molecular weight excluding hydrogens is 372 g/mol. The van der Waals surface area contributed by atoms with Crippen molar-refractivity contribution in [1.29, 1.82) is 0 Å². The number of pyridine rings is 1. The summed E-state index contributed by atoms with van der Waals surface area (Å²) in [6.45, 7) is 3.57. The Morgan fingerprint density at radius 2 is 2.08 bits per heavy atom. The van der Waals surface area contributed by atoms with Crippen LogP contribution in [0.2, 0.25) is 0 Å². The van der Waals surface area contributed by atoms with Gasteiger partial charge in [-0.1, -0.05) is 28.1 Å². The number of benzene rings is 1. The highest BCUT2D eigenvalue weighted by Crippen LogP contribution is 2.32. The molecule has 0 N–H and O–H groups in total. The molecule has 5 nitrogen and oxygen atoms in total. The number of fused-ring (bicyclic) bond motifs is 3. The zero-order valence-corrected chi connectivity index (χ0v) is 15.1. The van der Waals surface area contributed by atoms with Crippen molar-refractivity contribution in [2.24, 2.45) is 0 Å². The van der Waals surface area contributed by atoms with Crippen molar-refractivity contribution in [1.82, 2.24) is 9.55 Å². The molecule has 0 aliphatic rings. The molecule has 0 aliphatic carbocycles. The Bertz CT molecular complexity index is 946. The predicted molar refractivity (Wildman–Crippen MR) is 97.0 cm³/mol. The first-order chi connectivity index (χ1) is 11.6. The number of aromatic nitrogens is 2. The van der Waals surface area contributed by atoms with Gasteiger partial charge in [-0.15, -0.1) is 0 Å². The SMILES string of the molecule is CCOC(=O)c1cc2c3c(CCBr)cccc3n(C(C)=O)c2cn1. The lowest BCUT2D eigenvalue weighted by Gasteiger charge is -2.03.